The van der Waals surface area contributed by atoms with Crippen LogP contribution >= 0.6 is 22.9 Å². The predicted molar refractivity (Wildman–Crippen MR) is 99.5 cm³/mol. The summed E-state index contributed by atoms with van der Waals surface area (Å²) in [5.74, 6) is -0.0211. The molecule has 0 atom stereocenters. The van der Waals surface area contributed by atoms with Crippen LogP contribution in [-0.2, 0) is 27.8 Å². The van der Waals surface area contributed by atoms with Crippen LogP contribution in [0.25, 0.3) is 0 Å². The normalized spacial score (nSPS) is 14.2. The molecule has 0 saturated heterocycles. The Bertz CT molecular complexity index is 911. The first-order chi connectivity index (χ1) is 11.7. The Morgan fingerprint density at radius 3 is 2.76 bits per heavy atom. The molecule has 1 amide bonds. The van der Waals surface area contributed by atoms with Crippen molar-refractivity contribution in [2.75, 3.05) is 25.0 Å². The van der Waals surface area contributed by atoms with Gasteiger partial charge >= 0.3 is 0 Å². The second-order valence-corrected chi connectivity index (χ2v) is 9.37. The van der Waals surface area contributed by atoms with Gasteiger partial charge in [-0.05, 0) is 49.4 Å². The maximum Gasteiger partial charge on any atom is 0.241 e. The number of carbonyl (C=O) groups excluding carboxylic acids is 1. The van der Waals surface area contributed by atoms with Gasteiger partial charge in [0.25, 0.3) is 0 Å². The highest BCUT2D eigenvalue weighted by Crippen LogP contribution is 2.30. The molecule has 0 unspecified atom stereocenters. The third-order valence-electron chi connectivity index (χ3n) is 4.04. The molecule has 1 aromatic carbocycles. The van der Waals surface area contributed by atoms with E-state index in [0.717, 1.165) is 20.5 Å². The number of fused-ring (bicyclic) bond motifs is 1. The molecule has 25 heavy (non-hydrogen) atoms. The Hall–Kier alpha value is -1.45. The van der Waals surface area contributed by atoms with E-state index in [1.165, 1.54) is 17.4 Å². The number of anilines is 1. The van der Waals surface area contributed by atoms with Crippen LogP contribution in [0.2, 0.25) is 4.34 Å². The van der Waals surface area contributed by atoms with Crippen molar-refractivity contribution >= 4 is 44.6 Å². The molecule has 0 saturated carbocycles. The van der Waals surface area contributed by atoms with Crippen LogP contribution in [0.15, 0.2) is 35.2 Å². The monoisotopic (exact) mass is 399 g/mol. The van der Waals surface area contributed by atoms with Crippen LogP contribution < -0.4 is 10.0 Å². The Kier molecular flexibility index (Phi) is 5.17. The first-order valence-electron chi connectivity index (χ1n) is 7.63. The maximum absolute atomic E-state index is 12.6. The molecular weight excluding hydrogens is 382 g/mol. The summed E-state index contributed by atoms with van der Waals surface area (Å²) in [4.78, 5) is 17.4. The lowest BCUT2D eigenvalue weighted by atomic mass is 10.2. The van der Waals surface area contributed by atoms with Gasteiger partial charge in [0.05, 0.1) is 15.8 Å². The van der Waals surface area contributed by atoms with E-state index in [4.69, 9.17) is 16.7 Å². The van der Waals surface area contributed by atoms with E-state index in [1.54, 1.807) is 17.0 Å². The summed E-state index contributed by atoms with van der Waals surface area (Å²) in [7, 11) is -1.85. The van der Waals surface area contributed by atoms with Crippen molar-refractivity contribution in [1.82, 2.24) is 4.90 Å². The smallest absolute Gasteiger partial charge is 0.241 e. The van der Waals surface area contributed by atoms with Gasteiger partial charge < -0.3 is 4.90 Å². The van der Waals surface area contributed by atoms with Crippen LogP contribution in [0.4, 0.5) is 5.69 Å². The second kappa shape index (κ2) is 7.05. The number of hydrogen-bond donors (Lipinski definition) is 1. The lowest BCUT2D eigenvalue weighted by molar-refractivity contribution is -0.119. The van der Waals surface area contributed by atoms with Crippen LogP contribution in [0.1, 0.15) is 10.4 Å². The van der Waals surface area contributed by atoms with Crippen molar-refractivity contribution < 1.29 is 13.2 Å². The van der Waals surface area contributed by atoms with Crippen LogP contribution in [0, 0.1) is 0 Å². The van der Waals surface area contributed by atoms with Gasteiger partial charge in [0.1, 0.15) is 0 Å². The van der Waals surface area contributed by atoms with Gasteiger partial charge in [-0.25, -0.2) is 13.6 Å². The Balaban J connectivity index is 1.68. The number of nitrogens with zero attached hydrogens (tertiary/aromatic N) is 2. The lowest BCUT2D eigenvalue weighted by Crippen LogP contribution is -2.37. The van der Waals surface area contributed by atoms with Crippen molar-refractivity contribution in [3.05, 3.63) is 45.1 Å². The number of sulfonamides is 1. The zero-order chi connectivity index (χ0) is 18.2. The number of likely N-dealkylation sites (N-methyl/N-ethyl adjacent to an activating group) is 1. The summed E-state index contributed by atoms with van der Waals surface area (Å²) in [5, 5.41) is 5.16. The van der Waals surface area contributed by atoms with E-state index in [2.05, 4.69) is 0 Å². The summed E-state index contributed by atoms with van der Waals surface area (Å²) in [6.07, 6.45) is 0.620. The molecule has 2 N–H and O–H groups in total. The fraction of sp³-hybridized carbons (Fsp3) is 0.312. The quantitative estimate of drug-likeness (QED) is 0.834. The Morgan fingerprint density at radius 1 is 1.36 bits per heavy atom. The number of primary sulfonamides is 1. The minimum Gasteiger partial charge on any atom is -0.311 e. The minimum absolute atomic E-state index is 0.0211. The van der Waals surface area contributed by atoms with E-state index in [1.807, 2.05) is 24.1 Å². The van der Waals surface area contributed by atoms with Gasteiger partial charge in [-0.3, -0.25) is 9.69 Å². The second-order valence-electron chi connectivity index (χ2n) is 6.01. The molecule has 3 rings (SSSR count). The van der Waals surface area contributed by atoms with Crippen molar-refractivity contribution in [3.63, 3.8) is 0 Å². The summed E-state index contributed by atoms with van der Waals surface area (Å²) in [6.45, 7) is 1.46. The van der Waals surface area contributed by atoms with E-state index in [9.17, 15) is 13.2 Å². The molecule has 0 bridgehead atoms. The number of carbonyl (C=O) groups is 1. The Labute approximate surface area is 155 Å². The fourth-order valence-electron chi connectivity index (χ4n) is 2.89. The summed E-state index contributed by atoms with van der Waals surface area (Å²) in [5.41, 5.74) is 1.58. The molecule has 0 spiro atoms. The van der Waals surface area contributed by atoms with Gasteiger partial charge in [-0.1, -0.05) is 11.6 Å². The van der Waals surface area contributed by atoms with E-state index in [-0.39, 0.29) is 17.3 Å². The van der Waals surface area contributed by atoms with Crippen molar-refractivity contribution in [2.45, 2.75) is 17.9 Å². The van der Waals surface area contributed by atoms with Crippen molar-refractivity contribution in [2.24, 2.45) is 5.14 Å². The average molecular weight is 400 g/mol. The maximum atomic E-state index is 12.6. The van der Waals surface area contributed by atoms with Crippen molar-refractivity contribution in [1.29, 1.82) is 0 Å². The standard InChI is InChI=1S/C16H18ClN3O3S2/c1-19(9-12-2-5-15(17)24-12)10-16(21)20-7-6-11-8-13(25(18,22)23)3-4-14(11)20/h2-5,8H,6-7,9-10H2,1H3,(H2,18,22,23). The SMILES string of the molecule is CN(CC(=O)N1CCc2cc(S(N)(=O)=O)ccc21)Cc1ccc(Cl)s1. The molecule has 0 aliphatic carbocycles. The molecule has 134 valence electrons. The zero-order valence-electron chi connectivity index (χ0n) is 13.6. The molecule has 0 radical (unpaired) electrons. The van der Waals surface area contributed by atoms with Gasteiger partial charge in [-0.15, -0.1) is 11.3 Å². The number of thiophene rings is 1. The fourth-order valence-corrected chi connectivity index (χ4v) is 4.62. The van der Waals surface area contributed by atoms with Gasteiger partial charge in [0.15, 0.2) is 0 Å². The van der Waals surface area contributed by atoms with Crippen LogP contribution in [0.3, 0.4) is 0 Å². The highest BCUT2D eigenvalue weighted by atomic mass is 35.5. The number of nitrogens with two attached hydrogens (primary N) is 1. The Morgan fingerprint density at radius 2 is 2.12 bits per heavy atom. The predicted octanol–water partition coefficient (Wildman–Crippen LogP) is 2.07. The molecule has 1 aliphatic rings. The molecule has 1 aliphatic heterocycles. The number of halogens is 1. The highest BCUT2D eigenvalue weighted by molar-refractivity contribution is 7.89. The van der Waals surface area contributed by atoms with Gasteiger partial charge in [-0.2, -0.15) is 0 Å². The van der Waals surface area contributed by atoms with E-state index >= 15 is 0 Å². The number of amides is 1. The molecular formula is C16H18ClN3O3S2. The lowest BCUT2D eigenvalue weighted by Gasteiger charge is -2.22. The van der Waals surface area contributed by atoms with Gasteiger partial charge in [0.2, 0.25) is 15.9 Å². The largest absolute Gasteiger partial charge is 0.311 e. The molecule has 1 aromatic heterocycles. The summed E-state index contributed by atoms with van der Waals surface area (Å²) >= 11 is 7.43. The van der Waals surface area contributed by atoms with Crippen molar-refractivity contribution in [3.8, 4) is 0 Å². The average Bonchev–Trinajstić information content (AvgIpc) is 3.11. The number of rotatable bonds is 5. The first-order valence-corrected chi connectivity index (χ1v) is 10.4. The molecule has 0 fully saturated rings. The number of benzene rings is 1. The van der Waals surface area contributed by atoms with Crippen LogP contribution in [-0.4, -0.2) is 39.4 Å². The van der Waals surface area contributed by atoms with E-state index in [0.29, 0.717) is 19.5 Å². The van der Waals surface area contributed by atoms with Crippen LogP contribution in [0.5, 0.6) is 0 Å². The molecule has 2 aromatic rings. The van der Waals surface area contributed by atoms with Gasteiger partial charge in [0, 0.05) is 23.7 Å². The number of hydrogen-bond acceptors (Lipinski definition) is 5. The molecule has 6 nitrogen and oxygen atoms in total. The third kappa shape index (κ3) is 4.21. The topological polar surface area (TPSA) is 83.7 Å². The zero-order valence-corrected chi connectivity index (χ0v) is 16.0. The summed E-state index contributed by atoms with van der Waals surface area (Å²) < 4.78 is 23.6. The minimum atomic E-state index is -3.74. The van der Waals surface area contributed by atoms with E-state index < -0.39 is 10.0 Å². The first kappa shape index (κ1) is 18.3. The molecule has 9 heteroatoms. The third-order valence-corrected chi connectivity index (χ3v) is 6.16. The molecule has 2 heterocycles. The summed E-state index contributed by atoms with van der Waals surface area (Å²) in [6, 6.07) is 8.44. The highest BCUT2D eigenvalue weighted by Gasteiger charge is 2.26.